The van der Waals surface area contributed by atoms with Crippen molar-refractivity contribution in [3.63, 3.8) is 0 Å². The summed E-state index contributed by atoms with van der Waals surface area (Å²) in [4.78, 5) is 14.4. The highest BCUT2D eigenvalue weighted by Gasteiger charge is 2.33. The first-order valence-electron chi connectivity index (χ1n) is 9.57. The summed E-state index contributed by atoms with van der Waals surface area (Å²) in [5.74, 6) is 5.53. The minimum atomic E-state index is -3.45. The van der Waals surface area contributed by atoms with Gasteiger partial charge < -0.3 is 14.4 Å². The standard InChI is InChI=1S/C19H27N3O5S/c1-19(2,24)9-8-16-6-7-17(27-16)18(23)20-10-5-13-22(15-14-20)28(25,26)21-11-3-4-12-21/h6-7,24H,3-5,10-15H2,1-2H3. The smallest absolute Gasteiger partial charge is 0.289 e. The van der Waals surface area contributed by atoms with E-state index >= 15 is 0 Å². The van der Waals surface area contributed by atoms with Gasteiger partial charge in [-0.1, -0.05) is 5.92 Å². The first kappa shape index (κ1) is 20.9. The zero-order chi connectivity index (χ0) is 20.4. The molecule has 9 heteroatoms. The molecule has 0 saturated carbocycles. The number of carbonyl (C=O) groups is 1. The van der Waals surface area contributed by atoms with Crippen molar-refractivity contribution in [3.8, 4) is 11.8 Å². The molecule has 0 spiro atoms. The molecule has 0 atom stereocenters. The summed E-state index contributed by atoms with van der Waals surface area (Å²) in [5.41, 5.74) is -1.15. The molecule has 2 saturated heterocycles. The molecule has 2 aliphatic rings. The van der Waals surface area contributed by atoms with E-state index in [1.165, 1.54) is 8.61 Å². The van der Waals surface area contributed by atoms with Crippen LogP contribution >= 0.6 is 0 Å². The molecule has 0 unspecified atom stereocenters. The summed E-state index contributed by atoms with van der Waals surface area (Å²) >= 11 is 0. The monoisotopic (exact) mass is 409 g/mol. The third-order valence-electron chi connectivity index (χ3n) is 4.77. The van der Waals surface area contributed by atoms with Crippen molar-refractivity contribution in [2.24, 2.45) is 0 Å². The van der Waals surface area contributed by atoms with Crippen molar-refractivity contribution in [2.75, 3.05) is 39.3 Å². The lowest BCUT2D eigenvalue weighted by molar-refractivity contribution is 0.0731. The van der Waals surface area contributed by atoms with Gasteiger partial charge in [-0.2, -0.15) is 17.0 Å². The molecule has 1 amide bonds. The fraction of sp³-hybridized carbons (Fsp3) is 0.632. The Morgan fingerprint density at radius 3 is 2.36 bits per heavy atom. The number of carbonyl (C=O) groups excluding carboxylic acids is 1. The zero-order valence-electron chi connectivity index (χ0n) is 16.3. The number of nitrogens with zero attached hydrogens (tertiary/aromatic N) is 3. The molecule has 1 aromatic heterocycles. The maximum absolute atomic E-state index is 12.7. The molecule has 0 bridgehead atoms. The highest BCUT2D eigenvalue weighted by molar-refractivity contribution is 7.86. The Labute approximate surface area is 166 Å². The molecule has 28 heavy (non-hydrogen) atoms. The first-order valence-corrected chi connectivity index (χ1v) is 11.0. The highest BCUT2D eigenvalue weighted by atomic mass is 32.2. The van der Waals surface area contributed by atoms with Crippen LogP contribution in [0.15, 0.2) is 16.5 Å². The average Bonchev–Trinajstić information content (AvgIpc) is 3.26. The average molecular weight is 410 g/mol. The fourth-order valence-electron chi connectivity index (χ4n) is 3.30. The Kier molecular flexibility index (Phi) is 6.15. The van der Waals surface area contributed by atoms with Crippen LogP contribution in [0.2, 0.25) is 0 Å². The molecule has 3 rings (SSSR count). The summed E-state index contributed by atoms with van der Waals surface area (Å²) in [5, 5.41) is 9.65. The number of hydrogen-bond donors (Lipinski definition) is 1. The number of amides is 1. The van der Waals surface area contributed by atoms with Gasteiger partial charge >= 0.3 is 0 Å². The largest absolute Gasteiger partial charge is 0.443 e. The van der Waals surface area contributed by atoms with Crippen LogP contribution in [-0.4, -0.2) is 77.8 Å². The van der Waals surface area contributed by atoms with E-state index in [9.17, 15) is 18.3 Å². The fourth-order valence-corrected chi connectivity index (χ4v) is 5.02. The van der Waals surface area contributed by atoms with E-state index in [0.29, 0.717) is 44.9 Å². The maximum Gasteiger partial charge on any atom is 0.289 e. The van der Waals surface area contributed by atoms with E-state index in [1.54, 1.807) is 30.9 Å². The number of hydrogen-bond acceptors (Lipinski definition) is 5. The molecule has 3 heterocycles. The summed E-state index contributed by atoms with van der Waals surface area (Å²) in [6, 6.07) is 3.15. The van der Waals surface area contributed by atoms with Crippen LogP contribution in [0.3, 0.4) is 0 Å². The van der Waals surface area contributed by atoms with Gasteiger partial charge in [0.25, 0.3) is 16.1 Å². The third-order valence-corrected chi connectivity index (χ3v) is 6.80. The van der Waals surface area contributed by atoms with Gasteiger partial charge in [-0.05, 0) is 51.2 Å². The lowest BCUT2D eigenvalue weighted by Crippen LogP contribution is -2.44. The van der Waals surface area contributed by atoms with Crippen molar-refractivity contribution >= 4 is 16.1 Å². The second kappa shape index (κ2) is 8.25. The molecule has 8 nitrogen and oxygen atoms in total. The molecule has 0 aromatic carbocycles. The molecular weight excluding hydrogens is 382 g/mol. The summed E-state index contributed by atoms with van der Waals surface area (Å²) < 4.78 is 34.0. The predicted octanol–water partition coefficient (Wildman–Crippen LogP) is 0.891. The maximum atomic E-state index is 12.7. The van der Waals surface area contributed by atoms with Crippen LogP contribution in [0.1, 0.15) is 49.4 Å². The zero-order valence-corrected chi connectivity index (χ0v) is 17.2. The van der Waals surface area contributed by atoms with Crippen LogP contribution < -0.4 is 0 Å². The van der Waals surface area contributed by atoms with Gasteiger partial charge in [0.15, 0.2) is 11.5 Å². The van der Waals surface area contributed by atoms with Crippen molar-refractivity contribution < 1.29 is 22.7 Å². The topological polar surface area (TPSA) is 94.3 Å². The molecule has 154 valence electrons. The number of rotatable bonds is 3. The van der Waals surface area contributed by atoms with Crippen LogP contribution in [0.4, 0.5) is 0 Å². The van der Waals surface area contributed by atoms with Gasteiger partial charge in [-0.25, -0.2) is 0 Å². The Hall–Kier alpha value is -1.86. The molecular formula is C19H27N3O5S. The lowest BCUT2D eigenvalue weighted by atomic mass is 10.1. The lowest BCUT2D eigenvalue weighted by Gasteiger charge is -2.26. The second-order valence-electron chi connectivity index (χ2n) is 7.63. The Bertz CT molecular complexity index is 869. The van der Waals surface area contributed by atoms with Crippen molar-refractivity contribution in [2.45, 2.75) is 38.7 Å². The van der Waals surface area contributed by atoms with Gasteiger partial charge in [0.05, 0.1) is 0 Å². The number of aliphatic hydroxyl groups is 1. The van der Waals surface area contributed by atoms with E-state index in [2.05, 4.69) is 11.8 Å². The van der Waals surface area contributed by atoms with E-state index < -0.39 is 15.8 Å². The van der Waals surface area contributed by atoms with E-state index in [-0.39, 0.29) is 18.2 Å². The van der Waals surface area contributed by atoms with Crippen molar-refractivity contribution in [3.05, 3.63) is 23.7 Å². The highest BCUT2D eigenvalue weighted by Crippen LogP contribution is 2.19. The van der Waals surface area contributed by atoms with Gasteiger partial charge in [0.1, 0.15) is 5.60 Å². The minimum absolute atomic E-state index is 0.163. The van der Waals surface area contributed by atoms with Crippen LogP contribution in [-0.2, 0) is 10.2 Å². The minimum Gasteiger partial charge on any atom is -0.443 e. The SMILES string of the molecule is CC(C)(O)C#Cc1ccc(C(=O)N2CCCN(S(=O)(=O)N3CCCC3)CC2)o1. The Morgan fingerprint density at radius 1 is 1.04 bits per heavy atom. The number of furan rings is 1. The predicted molar refractivity (Wildman–Crippen MR) is 104 cm³/mol. The van der Waals surface area contributed by atoms with Crippen LogP contribution in [0.25, 0.3) is 0 Å². The third kappa shape index (κ3) is 4.94. The van der Waals surface area contributed by atoms with Gasteiger partial charge in [0, 0.05) is 39.3 Å². The summed E-state index contributed by atoms with van der Waals surface area (Å²) in [7, 11) is -3.45. The normalized spacial score (nSPS) is 19.9. The van der Waals surface area contributed by atoms with Crippen LogP contribution in [0, 0.1) is 11.8 Å². The van der Waals surface area contributed by atoms with Crippen molar-refractivity contribution in [1.29, 1.82) is 0 Å². The first-order chi connectivity index (χ1) is 13.2. The van der Waals surface area contributed by atoms with Crippen LogP contribution in [0.5, 0.6) is 0 Å². The molecule has 1 N–H and O–H groups in total. The molecule has 1 aromatic rings. The van der Waals surface area contributed by atoms with Gasteiger partial charge in [-0.15, -0.1) is 0 Å². The Morgan fingerprint density at radius 2 is 1.68 bits per heavy atom. The molecule has 0 radical (unpaired) electrons. The van der Waals surface area contributed by atoms with Gasteiger partial charge in [0.2, 0.25) is 0 Å². The van der Waals surface area contributed by atoms with Crippen molar-refractivity contribution in [1.82, 2.24) is 13.5 Å². The summed E-state index contributed by atoms with van der Waals surface area (Å²) in [6.45, 7) is 5.74. The summed E-state index contributed by atoms with van der Waals surface area (Å²) in [6.07, 6.45) is 2.37. The molecule has 2 aliphatic heterocycles. The Balaban J connectivity index is 1.64. The quantitative estimate of drug-likeness (QED) is 0.749. The second-order valence-corrected chi connectivity index (χ2v) is 9.56. The van der Waals surface area contributed by atoms with E-state index in [4.69, 9.17) is 4.42 Å². The molecule has 2 fully saturated rings. The molecule has 0 aliphatic carbocycles. The van der Waals surface area contributed by atoms with E-state index in [0.717, 1.165) is 12.8 Å². The van der Waals surface area contributed by atoms with E-state index in [1.807, 2.05) is 0 Å². The van der Waals surface area contributed by atoms with Gasteiger partial charge in [-0.3, -0.25) is 4.79 Å².